The van der Waals surface area contributed by atoms with E-state index in [1.165, 1.54) is 4.90 Å². The minimum Gasteiger partial charge on any atom is -0.481 e. The number of carboxylic acids is 1. The van der Waals surface area contributed by atoms with Gasteiger partial charge in [-0.25, -0.2) is 0 Å². The van der Waals surface area contributed by atoms with Gasteiger partial charge in [-0.1, -0.05) is 0 Å². The lowest BCUT2D eigenvalue weighted by Gasteiger charge is -2.16. The van der Waals surface area contributed by atoms with E-state index in [4.69, 9.17) is 5.11 Å². The molecule has 0 heterocycles. The summed E-state index contributed by atoms with van der Waals surface area (Å²) in [7, 11) is 3.19. The fraction of sp³-hybridized carbons (Fsp3) is 0.727. The molecular formula is C11H20N2O4. The maximum absolute atomic E-state index is 11.5. The molecule has 0 spiro atoms. The number of rotatable bonds is 8. The van der Waals surface area contributed by atoms with Gasteiger partial charge in [0.05, 0.1) is 0 Å². The molecule has 6 nitrogen and oxygen atoms in total. The minimum atomic E-state index is -0.842. The van der Waals surface area contributed by atoms with Crippen LogP contribution in [0.3, 0.4) is 0 Å². The molecular weight excluding hydrogens is 224 g/mol. The van der Waals surface area contributed by atoms with E-state index in [-0.39, 0.29) is 24.7 Å². The molecule has 0 radical (unpaired) electrons. The van der Waals surface area contributed by atoms with E-state index < -0.39 is 5.97 Å². The van der Waals surface area contributed by atoms with Crippen molar-refractivity contribution in [2.45, 2.75) is 32.1 Å². The van der Waals surface area contributed by atoms with Gasteiger partial charge in [-0.15, -0.1) is 0 Å². The summed E-state index contributed by atoms with van der Waals surface area (Å²) in [5, 5.41) is 10.9. The van der Waals surface area contributed by atoms with Crippen molar-refractivity contribution in [3.05, 3.63) is 0 Å². The average molecular weight is 244 g/mol. The van der Waals surface area contributed by atoms with E-state index in [0.29, 0.717) is 25.8 Å². The summed E-state index contributed by atoms with van der Waals surface area (Å²) in [6, 6.07) is 0. The van der Waals surface area contributed by atoms with Crippen LogP contribution in [0.5, 0.6) is 0 Å². The average Bonchev–Trinajstić information content (AvgIpc) is 2.30. The second-order valence-corrected chi connectivity index (χ2v) is 3.84. The van der Waals surface area contributed by atoms with Gasteiger partial charge in [-0.2, -0.15) is 0 Å². The topological polar surface area (TPSA) is 86.7 Å². The monoisotopic (exact) mass is 244 g/mol. The number of carboxylic acid groups (broad SMARTS) is 1. The van der Waals surface area contributed by atoms with Crippen molar-refractivity contribution in [2.75, 3.05) is 20.6 Å². The van der Waals surface area contributed by atoms with Gasteiger partial charge >= 0.3 is 5.97 Å². The first kappa shape index (κ1) is 15.4. The number of carbonyl (C=O) groups excluding carboxylic acids is 2. The number of aliphatic carboxylic acids is 1. The molecule has 0 atom stereocenters. The van der Waals surface area contributed by atoms with E-state index in [0.717, 1.165) is 0 Å². The second kappa shape index (κ2) is 8.55. The van der Waals surface area contributed by atoms with Crippen LogP contribution in [0, 0.1) is 0 Å². The molecule has 0 aliphatic carbocycles. The van der Waals surface area contributed by atoms with E-state index in [1.807, 2.05) is 0 Å². The number of hydrogen-bond acceptors (Lipinski definition) is 3. The Morgan fingerprint density at radius 1 is 1.12 bits per heavy atom. The Bertz CT molecular complexity index is 279. The van der Waals surface area contributed by atoms with Crippen LogP contribution in [0.25, 0.3) is 0 Å². The lowest BCUT2D eigenvalue weighted by Crippen LogP contribution is -2.31. The number of nitrogens with zero attached hydrogens (tertiary/aromatic N) is 1. The highest BCUT2D eigenvalue weighted by Crippen LogP contribution is 2.03. The molecule has 98 valence electrons. The molecule has 0 unspecified atom stereocenters. The van der Waals surface area contributed by atoms with E-state index >= 15 is 0 Å². The van der Waals surface area contributed by atoms with Crippen molar-refractivity contribution in [1.82, 2.24) is 10.2 Å². The van der Waals surface area contributed by atoms with Crippen molar-refractivity contribution in [3.8, 4) is 0 Å². The van der Waals surface area contributed by atoms with E-state index in [1.54, 1.807) is 14.1 Å². The van der Waals surface area contributed by atoms with Crippen LogP contribution < -0.4 is 5.32 Å². The van der Waals surface area contributed by atoms with Crippen molar-refractivity contribution in [3.63, 3.8) is 0 Å². The van der Waals surface area contributed by atoms with Crippen molar-refractivity contribution < 1.29 is 19.5 Å². The van der Waals surface area contributed by atoms with E-state index in [2.05, 4.69) is 5.32 Å². The highest BCUT2D eigenvalue weighted by molar-refractivity contribution is 5.78. The highest BCUT2D eigenvalue weighted by atomic mass is 16.4. The number of carbonyl (C=O) groups is 3. The SMILES string of the molecule is CNC(=O)CCN(C)C(=O)CCCCC(=O)O. The van der Waals surface area contributed by atoms with Crippen LogP contribution in [0.4, 0.5) is 0 Å². The molecule has 0 aromatic heterocycles. The molecule has 0 aliphatic heterocycles. The van der Waals surface area contributed by atoms with Crippen LogP contribution in [0.1, 0.15) is 32.1 Å². The third kappa shape index (κ3) is 8.24. The Hall–Kier alpha value is -1.59. The lowest BCUT2D eigenvalue weighted by molar-refractivity contribution is -0.137. The Kier molecular flexibility index (Phi) is 7.75. The largest absolute Gasteiger partial charge is 0.481 e. The summed E-state index contributed by atoms with van der Waals surface area (Å²) in [6.45, 7) is 0.386. The first-order chi connectivity index (χ1) is 7.97. The molecule has 0 saturated carbocycles. The Labute approximate surface area is 101 Å². The summed E-state index contributed by atoms with van der Waals surface area (Å²) >= 11 is 0. The van der Waals surface area contributed by atoms with Crippen LogP contribution in [-0.2, 0) is 14.4 Å². The summed E-state index contributed by atoms with van der Waals surface area (Å²) in [6.07, 6.45) is 1.78. The summed E-state index contributed by atoms with van der Waals surface area (Å²) < 4.78 is 0. The summed E-state index contributed by atoms with van der Waals surface area (Å²) in [5.74, 6) is -1.000. The molecule has 0 aromatic rings. The number of amides is 2. The Morgan fingerprint density at radius 2 is 1.71 bits per heavy atom. The predicted octanol–water partition coefficient (Wildman–Crippen LogP) is 0.226. The standard InChI is InChI=1S/C11H20N2O4/c1-12-9(14)7-8-13(2)10(15)5-3-4-6-11(16)17/h3-8H2,1-2H3,(H,12,14)(H,16,17). The predicted molar refractivity (Wildman–Crippen MR) is 62.4 cm³/mol. The molecule has 0 aliphatic rings. The van der Waals surface area contributed by atoms with Gasteiger partial charge in [-0.3, -0.25) is 14.4 Å². The van der Waals surface area contributed by atoms with Gasteiger partial charge in [0.25, 0.3) is 0 Å². The van der Waals surface area contributed by atoms with Crippen molar-refractivity contribution in [2.24, 2.45) is 0 Å². The zero-order valence-electron chi connectivity index (χ0n) is 10.4. The van der Waals surface area contributed by atoms with Crippen molar-refractivity contribution >= 4 is 17.8 Å². The molecule has 0 rings (SSSR count). The Balaban J connectivity index is 3.67. The Morgan fingerprint density at radius 3 is 2.24 bits per heavy atom. The fourth-order valence-corrected chi connectivity index (χ4v) is 1.26. The molecule has 17 heavy (non-hydrogen) atoms. The summed E-state index contributed by atoms with van der Waals surface area (Å²) in [5.41, 5.74) is 0. The van der Waals surface area contributed by atoms with Gasteiger partial charge in [0, 0.05) is 39.9 Å². The lowest BCUT2D eigenvalue weighted by atomic mass is 10.2. The first-order valence-electron chi connectivity index (χ1n) is 5.63. The number of nitrogens with one attached hydrogen (secondary N) is 1. The number of hydrogen-bond donors (Lipinski definition) is 2. The van der Waals surface area contributed by atoms with Crippen LogP contribution >= 0.6 is 0 Å². The van der Waals surface area contributed by atoms with Crippen LogP contribution in [-0.4, -0.2) is 48.4 Å². The van der Waals surface area contributed by atoms with E-state index in [9.17, 15) is 14.4 Å². The smallest absolute Gasteiger partial charge is 0.303 e. The molecule has 2 N–H and O–H groups in total. The zero-order chi connectivity index (χ0) is 13.3. The fourth-order valence-electron chi connectivity index (χ4n) is 1.26. The van der Waals surface area contributed by atoms with Gasteiger partial charge in [0.1, 0.15) is 0 Å². The molecule has 6 heteroatoms. The van der Waals surface area contributed by atoms with Gasteiger partial charge in [0.15, 0.2) is 0 Å². The molecule has 0 aromatic carbocycles. The summed E-state index contributed by atoms with van der Waals surface area (Å²) in [4.78, 5) is 34.2. The van der Waals surface area contributed by atoms with Gasteiger partial charge < -0.3 is 15.3 Å². The maximum atomic E-state index is 11.5. The van der Waals surface area contributed by atoms with Crippen LogP contribution in [0.15, 0.2) is 0 Å². The van der Waals surface area contributed by atoms with Gasteiger partial charge in [-0.05, 0) is 12.8 Å². The highest BCUT2D eigenvalue weighted by Gasteiger charge is 2.10. The minimum absolute atomic E-state index is 0.0562. The second-order valence-electron chi connectivity index (χ2n) is 3.84. The number of unbranched alkanes of at least 4 members (excludes halogenated alkanes) is 1. The van der Waals surface area contributed by atoms with Crippen LogP contribution in [0.2, 0.25) is 0 Å². The quantitative estimate of drug-likeness (QED) is 0.598. The normalized spacial score (nSPS) is 9.76. The third-order valence-electron chi connectivity index (χ3n) is 2.41. The van der Waals surface area contributed by atoms with Crippen molar-refractivity contribution in [1.29, 1.82) is 0 Å². The first-order valence-corrected chi connectivity index (χ1v) is 5.63. The molecule has 0 saturated heterocycles. The molecule has 2 amide bonds. The van der Waals surface area contributed by atoms with Gasteiger partial charge in [0.2, 0.25) is 11.8 Å². The molecule has 0 bridgehead atoms. The maximum Gasteiger partial charge on any atom is 0.303 e. The third-order valence-corrected chi connectivity index (χ3v) is 2.41. The molecule has 0 fully saturated rings. The zero-order valence-corrected chi connectivity index (χ0v) is 10.4.